The van der Waals surface area contributed by atoms with E-state index < -0.39 is 0 Å². The molecule has 0 bridgehead atoms. The number of quaternary nitrogens is 1. The minimum atomic E-state index is -0.0624. The second-order valence-corrected chi connectivity index (χ2v) is 7.90. The van der Waals surface area contributed by atoms with Crippen LogP contribution < -0.4 is 19.9 Å². The summed E-state index contributed by atoms with van der Waals surface area (Å²) >= 11 is 0. The zero-order valence-electron chi connectivity index (χ0n) is 16.9. The third-order valence-corrected chi connectivity index (χ3v) is 5.69. The van der Waals surface area contributed by atoms with Gasteiger partial charge >= 0.3 is 0 Å². The van der Waals surface area contributed by atoms with Crippen LogP contribution in [0.2, 0.25) is 0 Å². The number of aryl methyl sites for hydroxylation is 1. The number of fused-ring (bicyclic) bond motifs is 1. The minimum Gasteiger partial charge on any atom is -0.482 e. The van der Waals surface area contributed by atoms with Gasteiger partial charge in [-0.3, -0.25) is 9.59 Å². The molecule has 2 aromatic carbocycles. The average Bonchev–Trinajstić information content (AvgIpc) is 3.24. The summed E-state index contributed by atoms with van der Waals surface area (Å²) in [5, 5.41) is 3.01. The van der Waals surface area contributed by atoms with E-state index in [-0.39, 0.29) is 18.4 Å². The first-order chi connectivity index (χ1) is 14.1. The van der Waals surface area contributed by atoms with Gasteiger partial charge in [-0.25, -0.2) is 0 Å². The van der Waals surface area contributed by atoms with Crippen LogP contribution in [-0.2, 0) is 11.3 Å². The van der Waals surface area contributed by atoms with Gasteiger partial charge in [0.2, 0.25) is 0 Å². The lowest BCUT2D eigenvalue weighted by atomic mass is 10.1. The lowest BCUT2D eigenvalue weighted by Gasteiger charge is -2.29. The number of anilines is 1. The van der Waals surface area contributed by atoms with Crippen molar-refractivity contribution in [2.75, 3.05) is 37.7 Å². The number of nitrogens with one attached hydrogen (secondary N) is 2. The molecule has 0 aliphatic carbocycles. The molecular weight excluding hydrogens is 366 g/mol. The average molecular weight is 394 g/mol. The summed E-state index contributed by atoms with van der Waals surface area (Å²) in [7, 11) is 0. The fourth-order valence-corrected chi connectivity index (χ4v) is 4.01. The fraction of sp³-hybridized carbons (Fsp3) is 0.391. The van der Waals surface area contributed by atoms with Gasteiger partial charge in [0, 0.05) is 18.4 Å². The van der Waals surface area contributed by atoms with Crippen LogP contribution in [0.5, 0.6) is 5.75 Å². The number of amides is 2. The maximum Gasteiger partial charge on any atom is 0.265 e. The van der Waals surface area contributed by atoms with Crippen molar-refractivity contribution < 1.29 is 19.2 Å². The van der Waals surface area contributed by atoms with Crippen molar-refractivity contribution in [2.24, 2.45) is 0 Å². The molecular formula is C23H28N3O3+. The molecule has 0 saturated carbocycles. The van der Waals surface area contributed by atoms with Crippen molar-refractivity contribution in [3.63, 3.8) is 0 Å². The summed E-state index contributed by atoms with van der Waals surface area (Å²) in [6, 6.07) is 13.3. The molecule has 152 valence electrons. The summed E-state index contributed by atoms with van der Waals surface area (Å²) in [5.74, 6) is 0.631. The van der Waals surface area contributed by atoms with Crippen LogP contribution in [-0.4, -0.2) is 44.6 Å². The van der Waals surface area contributed by atoms with Gasteiger partial charge in [0.1, 0.15) is 5.75 Å². The lowest BCUT2D eigenvalue weighted by molar-refractivity contribution is -0.886. The number of benzene rings is 2. The van der Waals surface area contributed by atoms with Crippen LogP contribution in [0.4, 0.5) is 5.69 Å². The molecule has 0 spiro atoms. The SMILES string of the molecule is Cc1ccc2c(c1)OCC(=O)N2Cc1ccc(C(=O)NCC[NH+]2CCCC2)cc1. The lowest BCUT2D eigenvalue weighted by Crippen LogP contribution is -3.10. The Balaban J connectivity index is 1.37. The predicted molar refractivity (Wildman–Crippen MR) is 111 cm³/mol. The first-order valence-electron chi connectivity index (χ1n) is 10.3. The van der Waals surface area contributed by atoms with Gasteiger partial charge in [-0.1, -0.05) is 18.2 Å². The molecule has 2 aliphatic heterocycles. The summed E-state index contributed by atoms with van der Waals surface area (Å²) in [6.07, 6.45) is 2.58. The normalized spacial score (nSPS) is 16.4. The summed E-state index contributed by atoms with van der Waals surface area (Å²) < 4.78 is 5.56. The highest BCUT2D eigenvalue weighted by Crippen LogP contribution is 2.33. The molecule has 0 atom stereocenters. The van der Waals surface area contributed by atoms with Crippen LogP contribution in [0.15, 0.2) is 42.5 Å². The maximum absolute atomic E-state index is 12.4. The molecule has 1 saturated heterocycles. The van der Waals surface area contributed by atoms with E-state index in [1.165, 1.54) is 25.9 Å². The van der Waals surface area contributed by atoms with E-state index in [0.29, 0.717) is 18.7 Å². The molecule has 0 aromatic heterocycles. The monoisotopic (exact) mass is 394 g/mol. The van der Waals surface area contributed by atoms with E-state index in [0.717, 1.165) is 29.1 Å². The van der Waals surface area contributed by atoms with Gasteiger partial charge in [0.25, 0.3) is 11.8 Å². The van der Waals surface area contributed by atoms with Gasteiger partial charge in [0.15, 0.2) is 6.61 Å². The predicted octanol–water partition coefficient (Wildman–Crippen LogP) is 1.33. The van der Waals surface area contributed by atoms with Gasteiger partial charge < -0.3 is 19.9 Å². The molecule has 4 rings (SSSR count). The Morgan fingerprint density at radius 3 is 2.66 bits per heavy atom. The number of rotatable bonds is 6. The molecule has 0 radical (unpaired) electrons. The Labute approximate surface area is 171 Å². The van der Waals surface area contributed by atoms with E-state index in [1.54, 1.807) is 9.80 Å². The summed E-state index contributed by atoms with van der Waals surface area (Å²) in [4.78, 5) is 28.1. The van der Waals surface area contributed by atoms with Crippen LogP contribution in [0.25, 0.3) is 0 Å². The molecule has 2 amide bonds. The summed E-state index contributed by atoms with van der Waals surface area (Å²) in [5.41, 5.74) is 3.51. The zero-order chi connectivity index (χ0) is 20.2. The molecule has 1 fully saturated rings. The van der Waals surface area contributed by atoms with Crippen molar-refractivity contribution in [3.05, 3.63) is 59.2 Å². The third-order valence-electron chi connectivity index (χ3n) is 5.69. The number of hydrogen-bond donors (Lipinski definition) is 2. The molecule has 2 aliphatic rings. The van der Waals surface area contributed by atoms with Gasteiger partial charge in [-0.2, -0.15) is 0 Å². The minimum absolute atomic E-state index is 0.0431. The molecule has 2 N–H and O–H groups in total. The molecule has 6 nitrogen and oxygen atoms in total. The number of likely N-dealkylation sites (tertiary alicyclic amines) is 1. The first-order valence-corrected chi connectivity index (χ1v) is 10.3. The van der Waals surface area contributed by atoms with Crippen molar-refractivity contribution in [3.8, 4) is 5.75 Å². The number of carbonyl (C=O) groups is 2. The van der Waals surface area contributed by atoms with Crippen molar-refractivity contribution in [1.29, 1.82) is 0 Å². The topological polar surface area (TPSA) is 63.1 Å². The van der Waals surface area contributed by atoms with Gasteiger partial charge in [0.05, 0.1) is 38.4 Å². The van der Waals surface area contributed by atoms with Crippen molar-refractivity contribution >= 4 is 17.5 Å². The largest absolute Gasteiger partial charge is 0.482 e. The maximum atomic E-state index is 12.4. The highest BCUT2D eigenvalue weighted by Gasteiger charge is 2.25. The molecule has 29 heavy (non-hydrogen) atoms. The fourth-order valence-electron chi connectivity index (χ4n) is 4.01. The first kappa shape index (κ1) is 19.5. The Morgan fingerprint density at radius 2 is 1.90 bits per heavy atom. The Morgan fingerprint density at radius 1 is 1.14 bits per heavy atom. The smallest absolute Gasteiger partial charge is 0.265 e. The Hall–Kier alpha value is -2.86. The van der Waals surface area contributed by atoms with E-state index in [4.69, 9.17) is 4.74 Å². The van der Waals surface area contributed by atoms with E-state index in [2.05, 4.69) is 5.32 Å². The van der Waals surface area contributed by atoms with Crippen molar-refractivity contribution in [1.82, 2.24) is 5.32 Å². The quantitative estimate of drug-likeness (QED) is 0.777. The molecule has 0 unspecified atom stereocenters. The third kappa shape index (κ3) is 4.59. The van der Waals surface area contributed by atoms with E-state index >= 15 is 0 Å². The second kappa shape index (κ2) is 8.66. The van der Waals surface area contributed by atoms with Crippen LogP contribution in [0.1, 0.15) is 34.3 Å². The second-order valence-electron chi connectivity index (χ2n) is 7.90. The molecule has 2 heterocycles. The number of ether oxygens (including phenoxy) is 1. The standard InChI is InChI=1S/C23H27N3O3/c1-17-4-9-20-21(14-17)29-16-22(27)26(20)15-18-5-7-19(8-6-18)23(28)24-10-13-25-11-2-3-12-25/h4-9,14H,2-3,10-13,15-16H2,1H3,(H,24,28)/p+1. The summed E-state index contributed by atoms with van der Waals surface area (Å²) in [6.45, 7) is 6.63. The number of carbonyl (C=O) groups excluding carboxylic acids is 2. The van der Waals surface area contributed by atoms with E-state index in [1.807, 2.05) is 49.4 Å². The van der Waals surface area contributed by atoms with Gasteiger partial charge in [-0.05, 0) is 42.3 Å². The van der Waals surface area contributed by atoms with Crippen LogP contribution in [0, 0.1) is 6.92 Å². The van der Waals surface area contributed by atoms with Crippen molar-refractivity contribution in [2.45, 2.75) is 26.3 Å². The zero-order valence-corrected chi connectivity index (χ0v) is 16.9. The number of hydrogen-bond acceptors (Lipinski definition) is 3. The molecule has 2 aromatic rings. The van der Waals surface area contributed by atoms with Crippen LogP contribution in [0.3, 0.4) is 0 Å². The van der Waals surface area contributed by atoms with Crippen LogP contribution >= 0.6 is 0 Å². The molecule has 6 heteroatoms. The highest BCUT2D eigenvalue weighted by atomic mass is 16.5. The van der Waals surface area contributed by atoms with E-state index in [9.17, 15) is 9.59 Å². The highest BCUT2D eigenvalue weighted by molar-refractivity contribution is 5.98. The Kier molecular flexibility index (Phi) is 5.81. The number of nitrogens with zero attached hydrogens (tertiary/aromatic N) is 1. The van der Waals surface area contributed by atoms with Gasteiger partial charge in [-0.15, -0.1) is 0 Å². The Bertz CT molecular complexity index is 889.